The predicted octanol–water partition coefficient (Wildman–Crippen LogP) is 4.02. The van der Waals surface area contributed by atoms with Crippen molar-refractivity contribution in [3.8, 4) is 17.5 Å². The summed E-state index contributed by atoms with van der Waals surface area (Å²) in [6, 6.07) is 10.2. The highest BCUT2D eigenvalue weighted by Crippen LogP contribution is 2.35. The average Bonchev–Trinajstić information content (AvgIpc) is 3.30. The number of carbonyl (C=O) groups is 1. The number of carbonyl (C=O) groups excluding carboxylic acids is 1. The number of hydrogen-bond acceptors (Lipinski definition) is 8. The monoisotopic (exact) mass is 413 g/mol. The molecule has 0 saturated carbocycles. The molecule has 1 aromatic carbocycles. The molecule has 9 heteroatoms. The van der Waals surface area contributed by atoms with E-state index in [1.807, 2.05) is 12.1 Å². The van der Waals surface area contributed by atoms with Gasteiger partial charge in [-0.1, -0.05) is 43.0 Å². The van der Waals surface area contributed by atoms with Crippen LogP contribution in [0.2, 0.25) is 0 Å². The summed E-state index contributed by atoms with van der Waals surface area (Å²) >= 11 is 2.40. The molecule has 0 fully saturated rings. The van der Waals surface area contributed by atoms with Gasteiger partial charge in [-0.15, -0.1) is 16.4 Å². The smallest absolute Gasteiger partial charge is 0.348 e. The van der Waals surface area contributed by atoms with Gasteiger partial charge in [-0.2, -0.15) is 5.26 Å². The molecule has 0 aliphatic carbocycles. The molecule has 0 amide bonds. The van der Waals surface area contributed by atoms with E-state index in [1.165, 1.54) is 17.3 Å². The van der Waals surface area contributed by atoms with Crippen LogP contribution < -0.4 is 5.73 Å². The first-order chi connectivity index (χ1) is 13.6. The summed E-state index contributed by atoms with van der Waals surface area (Å²) in [7, 11) is 0. The third kappa shape index (κ3) is 4.18. The third-order valence-electron chi connectivity index (χ3n) is 4.05. The minimum atomic E-state index is -0.469. The molecule has 2 heterocycles. The zero-order valence-electron chi connectivity index (χ0n) is 15.5. The quantitative estimate of drug-likeness (QED) is 0.444. The number of benzene rings is 1. The van der Waals surface area contributed by atoms with E-state index in [0.29, 0.717) is 37.7 Å². The molecule has 3 N–H and O–H groups in total. The van der Waals surface area contributed by atoms with Crippen LogP contribution in [-0.4, -0.2) is 27.8 Å². The lowest BCUT2D eigenvalue weighted by Gasteiger charge is -2.03. The Morgan fingerprint density at radius 1 is 1.36 bits per heavy atom. The minimum absolute atomic E-state index is 0.256. The number of nitrogen functional groups attached to an aromatic ring is 1. The number of H-pyrrole nitrogens is 1. The molecule has 3 rings (SSSR count). The maximum absolute atomic E-state index is 12.2. The standard InChI is InChI=1S/C19H19N5O2S2/c1-3-11-5-7-12(8-6-11)17-22-19(24-23-17)27-10-14-13(9-20)16(21)28-15(14)18(25)26-4-2/h5-8H,3-4,10,21H2,1-2H3,(H,22,23,24). The van der Waals surface area contributed by atoms with Crippen LogP contribution in [0.5, 0.6) is 0 Å². The van der Waals surface area contributed by atoms with Crippen LogP contribution in [0.4, 0.5) is 5.00 Å². The van der Waals surface area contributed by atoms with Crippen molar-refractivity contribution in [3.63, 3.8) is 0 Å². The summed E-state index contributed by atoms with van der Waals surface area (Å²) in [5.74, 6) is 0.542. The Bertz CT molecular complexity index is 1020. The fourth-order valence-electron chi connectivity index (χ4n) is 2.58. The first-order valence-corrected chi connectivity index (χ1v) is 10.5. The van der Waals surface area contributed by atoms with E-state index >= 15 is 0 Å². The first kappa shape index (κ1) is 19.9. The summed E-state index contributed by atoms with van der Waals surface area (Å²) in [6.45, 7) is 4.10. The van der Waals surface area contributed by atoms with E-state index < -0.39 is 5.97 Å². The van der Waals surface area contributed by atoms with E-state index in [0.717, 1.165) is 23.3 Å². The van der Waals surface area contributed by atoms with Gasteiger partial charge < -0.3 is 10.5 Å². The summed E-state index contributed by atoms with van der Waals surface area (Å²) in [4.78, 5) is 17.0. The fraction of sp³-hybridized carbons (Fsp3) is 0.263. The van der Waals surface area contributed by atoms with Crippen molar-refractivity contribution in [2.45, 2.75) is 31.2 Å². The highest BCUT2D eigenvalue weighted by atomic mass is 32.2. The van der Waals surface area contributed by atoms with E-state index in [9.17, 15) is 10.1 Å². The molecule has 0 saturated heterocycles. The van der Waals surface area contributed by atoms with Gasteiger partial charge in [0.1, 0.15) is 15.9 Å². The van der Waals surface area contributed by atoms with Crippen LogP contribution in [0.15, 0.2) is 29.4 Å². The lowest BCUT2D eigenvalue weighted by molar-refractivity contribution is 0.0531. The van der Waals surface area contributed by atoms with Gasteiger partial charge in [0.25, 0.3) is 0 Å². The summed E-state index contributed by atoms with van der Waals surface area (Å²) < 4.78 is 5.07. The summed E-state index contributed by atoms with van der Waals surface area (Å²) in [5, 5.41) is 17.4. The van der Waals surface area contributed by atoms with Gasteiger partial charge in [-0.3, -0.25) is 5.10 Å². The Kier molecular flexibility index (Phi) is 6.34. The number of hydrogen-bond donors (Lipinski definition) is 2. The highest BCUT2D eigenvalue weighted by Gasteiger charge is 2.23. The van der Waals surface area contributed by atoms with Crippen molar-refractivity contribution in [2.24, 2.45) is 0 Å². The molecular weight excluding hydrogens is 394 g/mol. The maximum atomic E-state index is 12.2. The number of thiophene rings is 1. The largest absolute Gasteiger partial charge is 0.462 e. The predicted molar refractivity (Wildman–Crippen MR) is 110 cm³/mol. The number of aryl methyl sites for hydroxylation is 1. The van der Waals surface area contributed by atoms with Crippen LogP contribution in [0.25, 0.3) is 11.4 Å². The molecule has 144 valence electrons. The van der Waals surface area contributed by atoms with E-state index in [4.69, 9.17) is 10.5 Å². The Labute approximate surface area is 170 Å². The van der Waals surface area contributed by atoms with Crippen molar-refractivity contribution in [1.82, 2.24) is 15.2 Å². The minimum Gasteiger partial charge on any atom is -0.462 e. The van der Waals surface area contributed by atoms with Crippen LogP contribution in [0.1, 0.15) is 40.2 Å². The van der Waals surface area contributed by atoms with E-state index in [-0.39, 0.29) is 6.61 Å². The van der Waals surface area contributed by atoms with Gasteiger partial charge in [0.2, 0.25) is 5.16 Å². The molecule has 28 heavy (non-hydrogen) atoms. The topological polar surface area (TPSA) is 118 Å². The van der Waals surface area contributed by atoms with Crippen LogP contribution in [-0.2, 0) is 16.9 Å². The molecule has 7 nitrogen and oxygen atoms in total. The van der Waals surface area contributed by atoms with E-state index in [2.05, 4.69) is 40.3 Å². The molecule has 2 aromatic heterocycles. The summed E-state index contributed by atoms with van der Waals surface area (Å²) in [6.07, 6.45) is 0.978. The van der Waals surface area contributed by atoms with Crippen molar-refractivity contribution in [1.29, 1.82) is 5.26 Å². The number of nitrogens with zero attached hydrogens (tertiary/aromatic N) is 3. The lowest BCUT2D eigenvalue weighted by atomic mass is 10.1. The number of aromatic amines is 1. The highest BCUT2D eigenvalue weighted by molar-refractivity contribution is 7.98. The van der Waals surface area contributed by atoms with Crippen LogP contribution in [0, 0.1) is 11.3 Å². The van der Waals surface area contributed by atoms with E-state index in [1.54, 1.807) is 6.92 Å². The zero-order chi connectivity index (χ0) is 20.1. The first-order valence-electron chi connectivity index (χ1n) is 8.70. The molecule has 0 radical (unpaired) electrons. The van der Waals surface area contributed by atoms with Crippen LogP contribution >= 0.6 is 23.1 Å². The van der Waals surface area contributed by atoms with Gasteiger partial charge in [0.05, 0.1) is 12.2 Å². The Balaban J connectivity index is 1.78. The zero-order valence-corrected chi connectivity index (χ0v) is 17.1. The number of thioether (sulfide) groups is 1. The maximum Gasteiger partial charge on any atom is 0.348 e. The molecule has 0 bridgehead atoms. The Morgan fingerprint density at radius 2 is 2.11 bits per heavy atom. The summed E-state index contributed by atoms with van der Waals surface area (Å²) in [5.41, 5.74) is 8.97. The molecule has 0 unspecified atom stereocenters. The molecule has 0 aliphatic heterocycles. The molecular formula is C19H19N5O2S2. The van der Waals surface area contributed by atoms with Crippen LogP contribution in [0.3, 0.4) is 0 Å². The van der Waals surface area contributed by atoms with Gasteiger partial charge in [-0.25, -0.2) is 9.78 Å². The normalized spacial score (nSPS) is 10.6. The third-order valence-corrected chi connectivity index (χ3v) is 5.97. The number of aromatic nitrogens is 3. The second-order valence-corrected chi connectivity index (χ2v) is 7.78. The number of ether oxygens (including phenoxy) is 1. The number of anilines is 1. The molecule has 0 aliphatic rings. The number of nitriles is 1. The molecule has 3 aromatic rings. The Hall–Kier alpha value is -2.83. The van der Waals surface area contributed by atoms with Gasteiger partial charge in [0.15, 0.2) is 5.82 Å². The van der Waals surface area contributed by atoms with Gasteiger partial charge in [0, 0.05) is 16.9 Å². The van der Waals surface area contributed by atoms with Crippen molar-refractivity contribution in [3.05, 3.63) is 45.8 Å². The fourth-order valence-corrected chi connectivity index (χ4v) is 4.43. The van der Waals surface area contributed by atoms with Gasteiger partial charge >= 0.3 is 5.97 Å². The SMILES string of the molecule is CCOC(=O)c1sc(N)c(C#N)c1CSc1n[nH]c(-c2ccc(CC)cc2)n1. The number of rotatable bonds is 7. The number of esters is 1. The van der Waals surface area contributed by atoms with Crippen molar-refractivity contribution in [2.75, 3.05) is 12.3 Å². The second-order valence-electron chi connectivity index (χ2n) is 5.79. The van der Waals surface area contributed by atoms with Gasteiger partial charge in [-0.05, 0) is 18.9 Å². The average molecular weight is 414 g/mol. The Morgan fingerprint density at radius 3 is 2.75 bits per heavy atom. The molecule has 0 spiro atoms. The molecule has 0 atom stereocenters. The second kappa shape index (κ2) is 8.91. The lowest BCUT2D eigenvalue weighted by Crippen LogP contribution is -2.05. The van der Waals surface area contributed by atoms with Crippen molar-refractivity contribution < 1.29 is 9.53 Å². The number of nitrogens with one attached hydrogen (secondary N) is 1. The van der Waals surface area contributed by atoms with Crippen molar-refractivity contribution >= 4 is 34.1 Å². The number of nitrogens with two attached hydrogens (primary N) is 1.